The molecule has 0 aliphatic heterocycles. The van der Waals surface area contributed by atoms with Crippen LogP contribution in [0.1, 0.15) is 13.8 Å². The lowest BCUT2D eigenvalue weighted by molar-refractivity contribution is 0.136. The summed E-state index contributed by atoms with van der Waals surface area (Å²) in [5.74, 6) is 0.449. The molecule has 0 radical (unpaired) electrons. The molecule has 7 nitrogen and oxygen atoms in total. The third-order valence-electron chi connectivity index (χ3n) is 3.73. The van der Waals surface area contributed by atoms with Crippen molar-refractivity contribution in [2.45, 2.75) is 18.6 Å². The van der Waals surface area contributed by atoms with Crippen LogP contribution in [0.4, 0.5) is 9.59 Å². The van der Waals surface area contributed by atoms with E-state index in [1.165, 1.54) is 18.4 Å². The van der Waals surface area contributed by atoms with Gasteiger partial charge in [0.05, 0.1) is 18.3 Å². The molecule has 0 spiro atoms. The zero-order chi connectivity index (χ0) is 20.7. The van der Waals surface area contributed by atoms with E-state index in [1.807, 2.05) is 56.5 Å². The fraction of sp³-hybridized carbons (Fsp3) is 0.316. The molecular formula is C19H23N3O4S2. The number of ether oxygens (including phenoxy) is 1. The molecule has 2 rings (SSSR count). The van der Waals surface area contributed by atoms with E-state index in [0.717, 1.165) is 27.2 Å². The van der Waals surface area contributed by atoms with Gasteiger partial charge in [-0.1, -0.05) is 41.6 Å². The number of hydrogen-bond donors (Lipinski definition) is 0. The van der Waals surface area contributed by atoms with Gasteiger partial charge in [0.25, 0.3) is 0 Å². The standard InChI is InChI=1S/C19H23N3O4S2/c1-19(2,27-5)13-20-26-18(24)22(4)28-21(3)17(23)25-16-12-8-10-14-9-6-7-11-15(14)16/h6-13H,1-5H3/b20-13+. The monoisotopic (exact) mass is 421 g/mol. The highest BCUT2D eigenvalue weighted by Crippen LogP contribution is 2.26. The van der Waals surface area contributed by atoms with E-state index in [2.05, 4.69) is 5.16 Å². The van der Waals surface area contributed by atoms with Crippen LogP contribution in [0.5, 0.6) is 5.75 Å². The lowest BCUT2D eigenvalue weighted by Crippen LogP contribution is -2.30. The van der Waals surface area contributed by atoms with Gasteiger partial charge in [0.1, 0.15) is 5.75 Å². The maximum atomic E-state index is 12.4. The maximum absolute atomic E-state index is 12.4. The molecule has 0 saturated carbocycles. The Morgan fingerprint density at radius 2 is 1.68 bits per heavy atom. The minimum atomic E-state index is -0.706. The van der Waals surface area contributed by atoms with Crippen LogP contribution < -0.4 is 4.74 Å². The average Bonchev–Trinajstić information content (AvgIpc) is 2.67. The van der Waals surface area contributed by atoms with Gasteiger partial charge in [0, 0.05) is 24.2 Å². The fourth-order valence-corrected chi connectivity index (χ4v) is 2.72. The van der Waals surface area contributed by atoms with Gasteiger partial charge in [-0.05, 0) is 31.6 Å². The highest BCUT2D eigenvalue weighted by molar-refractivity contribution is 8.00. The van der Waals surface area contributed by atoms with Gasteiger partial charge >= 0.3 is 12.2 Å². The Balaban J connectivity index is 1.93. The summed E-state index contributed by atoms with van der Waals surface area (Å²) in [6.07, 6.45) is 2.16. The van der Waals surface area contributed by atoms with Crippen molar-refractivity contribution in [3.05, 3.63) is 42.5 Å². The zero-order valence-corrected chi connectivity index (χ0v) is 18.0. The summed E-state index contributed by atoms with van der Waals surface area (Å²) < 4.78 is 7.56. The number of benzene rings is 2. The molecule has 28 heavy (non-hydrogen) atoms. The number of carbonyl (C=O) groups excluding carboxylic acids is 2. The normalized spacial score (nSPS) is 11.5. The second kappa shape index (κ2) is 9.70. The second-order valence-corrected chi connectivity index (χ2v) is 9.04. The minimum Gasteiger partial charge on any atom is -0.409 e. The first-order valence-electron chi connectivity index (χ1n) is 8.39. The predicted octanol–water partition coefficient (Wildman–Crippen LogP) is 5.03. The topological polar surface area (TPSA) is 71.4 Å². The van der Waals surface area contributed by atoms with E-state index in [-0.39, 0.29) is 4.75 Å². The van der Waals surface area contributed by atoms with Crippen molar-refractivity contribution in [3.63, 3.8) is 0 Å². The Morgan fingerprint density at radius 1 is 1.04 bits per heavy atom. The lowest BCUT2D eigenvalue weighted by Gasteiger charge is -2.21. The van der Waals surface area contributed by atoms with E-state index < -0.39 is 12.2 Å². The maximum Gasteiger partial charge on any atom is 0.447 e. The van der Waals surface area contributed by atoms with E-state index in [9.17, 15) is 9.59 Å². The largest absolute Gasteiger partial charge is 0.447 e. The van der Waals surface area contributed by atoms with Gasteiger partial charge in [-0.3, -0.25) is 4.84 Å². The molecule has 0 atom stereocenters. The second-order valence-electron chi connectivity index (χ2n) is 6.32. The van der Waals surface area contributed by atoms with E-state index >= 15 is 0 Å². The van der Waals surface area contributed by atoms with Crippen molar-refractivity contribution in [1.82, 2.24) is 8.61 Å². The van der Waals surface area contributed by atoms with Crippen LogP contribution in [0, 0.1) is 0 Å². The Labute approximate surface area is 173 Å². The van der Waals surface area contributed by atoms with Crippen molar-refractivity contribution in [2.75, 3.05) is 20.4 Å². The lowest BCUT2D eigenvalue weighted by atomic mass is 10.1. The first-order valence-corrected chi connectivity index (χ1v) is 10.3. The summed E-state index contributed by atoms with van der Waals surface area (Å²) in [6, 6.07) is 13.1. The molecule has 0 N–H and O–H groups in total. The molecule has 0 aliphatic rings. The smallest absolute Gasteiger partial charge is 0.409 e. The molecular weight excluding hydrogens is 398 g/mol. The number of hydrogen-bond acceptors (Lipinski definition) is 7. The van der Waals surface area contributed by atoms with E-state index in [4.69, 9.17) is 9.57 Å². The average molecular weight is 422 g/mol. The third-order valence-corrected chi connectivity index (χ3v) is 5.67. The number of nitrogens with zero attached hydrogens (tertiary/aromatic N) is 3. The van der Waals surface area contributed by atoms with Gasteiger partial charge in [0.15, 0.2) is 0 Å². The Kier molecular flexibility index (Phi) is 7.59. The van der Waals surface area contributed by atoms with Crippen molar-refractivity contribution >= 4 is 53.1 Å². The van der Waals surface area contributed by atoms with Gasteiger partial charge in [-0.25, -0.2) is 18.2 Å². The Hall–Kier alpha value is -2.39. The Bertz CT molecular complexity index is 868. The summed E-state index contributed by atoms with van der Waals surface area (Å²) in [6.45, 7) is 3.90. The molecule has 2 amide bonds. The highest BCUT2D eigenvalue weighted by Gasteiger charge is 2.20. The molecule has 0 aliphatic carbocycles. The van der Waals surface area contributed by atoms with Crippen LogP contribution in [-0.4, -0.2) is 52.1 Å². The predicted molar refractivity (Wildman–Crippen MR) is 116 cm³/mol. The summed E-state index contributed by atoms with van der Waals surface area (Å²) in [5.41, 5.74) is 0. The van der Waals surface area contributed by atoms with Crippen molar-refractivity contribution in [3.8, 4) is 5.75 Å². The molecule has 0 saturated heterocycles. The highest BCUT2D eigenvalue weighted by atomic mass is 32.2. The summed E-state index contributed by atoms with van der Waals surface area (Å²) in [5, 5.41) is 5.50. The molecule has 0 aromatic heterocycles. The molecule has 0 fully saturated rings. The van der Waals surface area contributed by atoms with Gasteiger partial charge in [-0.2, -0.15) is 11.8 Å². The van der Waals surface area contributed by atoms with E-state index in [0.29, 0.717) is 5.75 Å². The van der Waals surface area contributed by atoms with Crippen LogP contribution in [0.3, 0.4) is 0 Å². The van der Waals surface area contributed by atoms with Crippen LogP contribution in [0.2, 0.25) is 0 Å². The minimum absolute atomic E-state index is 0.245. The zero-order valence-electron chi connectivity index (χ0n) is 16.4. The molecule has 0 unspecified atom stereocenters. The SMILES string of the molecule is CSC(C)(C)/C=N/OC(=O)N(C)SN(C)C(=O)Oc1cccc2ccccc12. The van der Waals surface area contributed by atoms with Crippen LogP contribution in [0.25, 0.3) is 10.8 Å². The van der Waals surface area contributed by atoms with Gasteiger partial charge in [-0.15, -0.1) is 0 Å². The quantitative estimate of drug-likeness (QED) is 0.282. The number of fused-ring (bicyclic) bond motifs is 1. The molecule has 0 bridgehead atoms. The van der Waals surface area contributed by atoms with Gasteiger partial charge < -0.3 is 4.74 Å². The number of amides is 2. The number of oxime groups is 1. The first kappa shape index (κ1) is 21.9. The summed E-state index contributed by atoms with van der Waals surface area (Å²) in [4.78, 5) is 29.2. The number of thioether (sulfide) groups is 1. The third kappa shape index (κ3) is 6.07. The molecule has 9 heteroatoms. The summed E-state index contributed by atoms with van der Waals surface area (Å²) >= 11 is 2.42. The molecule has 2 aromatic rings. The number of carbonyl (C=O) groups is 2. The molecule has 0 heterocycles. The fourth-order valence-electron chi connectivity index (χ4n) is 2.00. The van der Waals surface area contributed by atoms with Crippen LogP contribution >= 0.6 is 23.9 Å². The van der Waals surface area contributed by atoms with Crippen molar-refractivity contribution in [2.24, 2.45) is 5.16 Å². The first-order chi connectivity index (χ1) is 13.2. The number of rotatable bonds is 6. The van der Waals surface area contributed by atoms with Crippen molar-refractivity contribution < 1.29 is 19.2 Å². The van der Waals surface area contributed by atoms with Crippen LogP contribution in [0.15, 0.2) is 47.6 Å². The molecule has 2 aromatic carbocycles. The summed E-state index contributed by atoms with van der Waals surface area (Å²) in [7, 11) is 2.98. The van der Waals surface area contributed by atoms with Crippen molar-refractivity contribution in [1.29, 1.82) is 0 Å². The van der Waals surface area contributed by atoms with Gasteiger partial charge in [0.2, 0.25) is 0 Å². The molecule has 150 valence electrons. The van der Waals surface area contributed by atoms with Crippen LogP contribution in [-0.2, 0) is 4.84 Å². The van der Waals surface area contributed by atoms with E-state index in [1.54, 1.807) is 24.0 Å². The Morgan fingerprint density at radius 3 is 2.39 bits per heavy atom.